The van der Waals surface area contributed by atoms with Gasteiger partial charge >= 0.3 is 0 Å². The minimum atomic E-state index is 0.353. The van der Waals surface area contributed by atoms with Crippen molar-refractivity contribution >= 4 is 47.4 Å². The average Bonchev–Trinajstić information content (AvgIpc) is 2.41. The molecule has 0 heterocycles. The van der Waals surface area contributed by atoms with Crippen LogP contribution in [0.25, 0.3) is 0 Å². The van der Waals surface area contributed by atoms with Gasteiger partial charge in [-0.15, -0.1) is 0 Å². The van der Waals surface area contributed by atoms with Crippen molar-refractivity contribution in [3.05, 3.63) is 68.7 Å². The van der Waals surface area contributed by atoms with Crippen molar-refractivity contribution in [3.8, 4) is 0 Å². The second-order valence-corrected chi connectivity index (χ2v) is 4.67. The lowest BCUT2D eigenvalue weighted by Gasteiger charge is -1.95. The maximum absolute atomic E-state index is 10.3. The van der Waals surface area contributed by atoms with E-state index in [4.69, 9.17) is 34.8 Å². The minimum absolute atomic E-state index is 0.353. The highest BCUT2D eigenvalue weighted by molar-refractivity contribution is 6.38. The topological polar surface area (TPSA) is 34.1 Å². The van der Waals surface area contributed by atoms with Crippen LogP contribution < -0.4 is 0 Å². The first-order chi connectivity index (χ1) is 9.08. The van der Waals surface area contributed by atoms with E-state index in [1.54, 1.807) is 42.5 Å². The van der Waals surface area contributed by atoms with Gasteiger partial charge in [0.1, 0.15) is 6.29 Å². The fourth-order valence-electron chi connectivity index (χ4n) is 1.16. The Morgan fingerprint density at radius 3 is 1.63 bits per heavy atom. The van der Waals surface area contributed by atoms with Crippen LogP contribution in [0.15, 0.2) is 42.5 Å². The summed E-state index contributed by atoms with van der Waals surface area (Å²) in [6, 6.07) is 11.7. The van der Waals surface area contributed by atoms with E-state index < -0.39 is 0 Å². The fourth-order valence-corrected chi connectivity index (χ4v) is 1.78. The van der Waals surface area contributed by atoms with E-state index in [0.717, 1.165) is 6.29 Å². The molecule has 0 radical (unpaired) electrons. The monoisotopic (exact) mass is 314 g/mol. The molecule has 0 aliphatic heterocycles. The Hall–Kier alpha value is -1.35. The number of hydrogen-bond donors (Lipinski definition) is 0. The van der Waals surface area contributed by atoms with Crippen molar-refractivity contribution in [1.29, 1.82) is 0 Å². The van der Waals surface area contributed by atoms with Crippen LogP contribution in [-0.2, 0) is 0 Å². The fraction of sp³-hybridized carbons (Fsp3) is 0. The van der Waals surface area contributed by atoms with Gasteiger partial charge in [-0.3, -0.25) is 9.59 Å². The van der Waals surface area contributed by atoms with Crippen molar-refractivity contribution in [2.24, 2.45) is 0 Å². The molecule has 0 bridgehead atoms. The molecule has 0 amide bonds. The van der Waals surface area contributed by atoms with Crippen molar-refractivity contribution in [2.45, 2.75) is 0 Å². The van der Waals surface area contributed by atoms with Crippen molar-refractivity contribution in [2.75, 3.05) is 0 Å². The molecule has 2 aromatic rings. The van der Waals surface area contributed by atoms with Gasteiger partial charge in [0.05, 0.1) is 15.6 Å². The summed E-state index contributed by atoms with van der Waals surface area (Å²) in [5, 5.41) is 1.44. The first-order valence-electron chi connectivity index (χ1n) is 5.18. The van der Waals surface area contributed by atoms with Crippen LogP contribution in [0, 0.1) is 0 Å². The molecule has 5 heteroatoms. The van der Waals surface area contributed by atoms with E-state index in [-0.39, 0.29) is 0 Å². The van der Waals surface area contributed by atoms with Gasteiger partial charge in [-0.25, -0.2) is 0 Å². The maximum Gasteiger partial charge on any atom is 0.153 e. The molecule has 0 saturated carbocycles. The predicted octanol–water partition coefficient (Wildman–Crippen LogP) is 4.96. The highest BCUT2D eigenvalue weighted by atomic mass is 35.5. The Kier molecular flexibility index (Phi) is 6.57. The second-order valence-electron chi connectivity index (χ2n) is 3.42. The van der Waals surface area contributed by atoms with Crippen molar-refractivity contribution < 1.29 is 9.59 Å². The predicted molar refractivity (Wildman–Crippen MR) is 78.7 cm³/mol. The summed E-state index contributed by atoms with van der Waals surface area (Å²) in [4.78, 5) is 20.4. The smallest absolute Gasteiger partial charge is 0.153 e. The van der Waals surface area contributed by atoms with E-state index in [1.807, 2.05) is 0 Å². The van der Waals surface area contributed by atoms with Crippen LogP contribution in [0.1, 0.15) is 20.7 Å². The maximum atomic E-state index is 10.3. The van der Waals surface area contributed by atoms with E-state index in [9.17, 15) is 9.59 Å². The number of aldehydes is 2. The molecule has 19 heavy (non-hydrogen) atoms. The number of halogens is 3. The molecule has 0 unspecified atom stereocenters. The minimum Gasteiger partial charge on any atom is -0.298 e. The number of benzene rings is 2. The lowest BCUT2D eigenvalue weighted by Crippen LogP contribution is -1.81. The Morgan fingerprint density at radius 1 is 0.737 bits per heavy atom. The molecule has 2 nitrogen and oxygen atoms in total. The first kappa shape index (κ1) is 15.7. The number of hydrogen-bond acceptors (Lipinski definition) is 2. The Bertz CT molecular complexity index is 545. The molecule has 0 aliphatic rings. The largest absolute Gasteiger partial charge is 0.298 e. The first-order valence-corrected chi connectivity index (χ1v) is 6.31. The van der Waals surface area contributed by atoms with Crippen LogP contribution >= 0.6 is 34.8 Å². The lowest BCUT2D eigenvalue weighted by atomic mass is 10.2. The summed E-state index contributed by atoms with van der Waals surface area (Å²) in [5.41, 5.74) is 1.00. The van der Waals surface area contributed by atoms with Crippen LogP contribution in [-0.4, -0.2) is 12.6 Å². The number of carbonyl (C=O) groups is 2. The molecule has 2 aromatic carbocycles. The summed E-state index contributed by atoms with van der Waals surface area (Å²) >= 11 is 16.8. The molecule has 0 aliphatic carbocycles. The molecule has 0 aromatic heterocycles. The molecular weight excluding hydrogens is 307 g/mol. The summed E-state index contributed by atoms with van der Waals surface area (Å²) in [7, 11) is 0. The normalized spacial score (nSPS) is 9.21. The highest BCUT2D eigenvalue weighted by Crippen LogP contribution is 2.21. The summed E-state index contributed by atoms with van der Waals surface area (Å²) in [5.74, 6) is 0. The summed E-state index contributed by atoms with van der Waals surface area (Å²) < 4.78 is 0. The Labute approximate surface area is 125 Å². The number of carbonyl (C=O) groups excluding carboxylic acids is 2. The van der Waals surface area contributed by atoms with E-state index in [2.05, 4.69) is 0 Å². The molecule has 0 spiro atoms. The quantitative estimate of drug-likeness (QED) is 0.734. The van der Waals surface area contributed by atoms with Gasteiger partial charge in [-0.05, 0) is 24.3 Å². The zero-order valence-electron chi connectivity index (χ0n) is 9.65. The molecule has 98 valence electrons. The second kappa shape index (κ2) is 7.95. The third kappa shape index (κ3) is 5.03. The zero-order chi connectivity index (χ0) is 14.3. The summed E-state index contributed by atoms with van der Waals surface area (Å²) in [6.07, 6.45) is 1.43. The third-order valence-corrected chi connectivity index (χ3v) is 3.03. The third-order valence-electron chi connectivity index (χ3n) is 2.12. The molecule has 0 saturated heterocycles. The lowest BCUT2D eigenvalue weighted by molar-refractivity contribution is 0.111. The van der Waals surface area contributed by atoms with Crippen molar-refractivity contribution in [3.63, 3.8) is 0 Å². The van der Waals surface area contributed by atoms with E-state index >= 15 is 0 Å². The van der Waals surface area contributed by atoms with Crippen LogP contribution in [0.2, 0.25) is 15.1 Å². The van der Waals surface area contributed by atoms with Gasteiger partial charge in [0.25, 0.3) is 0 Å². The molecule has 2 rings (SSSR count). The van der Waals surface area contributed by atoms with Gasteiger partial charge in [0, 0.05) is 10.6 Å². The van der Waals surface area contributed by atoms with Gasteiger partial charge in [-0.2, -0.15) is 0 Å². The number of rotatable bonds is 2. The summed E-state index contributed by atoms with van der Waals surface area (Å²) in [6.45, 7) is 0. The zero-order valence-corrected chi connectivity index (χ0v) is 11.9. The molecule has 0 fully saturated rings. The van der Waals surface area contributed by atoms with Crippen LogP contribution in [0.4, 0.5) is 0 Å². The molecule has 0 N–H and O–H groups in total. The Morgan fingerprint density at radius 2 is 1.26 bits per heavy atom. The van der Waals surface area contributed by atoms with Gasteiger partial charge in [0.2, 0.25) is 0 Å². The van der Waals surface area contributed by atoms with E-state index in [0.29, 0.717) is 32.5 Å². The molecule has 0 atom stereocenters. The highest BCUT2D eigenvalue weighted by Gasteiger charge is 2.01. The van der Waals surface area contributed by atoms with Gasteiger partial charge < -0.3 is 0 Å². The average molecular weight is 316 g/mol. The standard InChI is InChI=1S/C7H4Cl2O.C7H5ClO/c8-6-2-1-3-7(9)5(6)4-10;8-7-3-1-6(5-9)2-4-7/h1-4H;1-5H. The van der Waals surface area contributed by atoms with Crippen LogP contribution in [0.5, 0.6) is 0 Å². The Balaban J connectivity index is 0.000000191. The van der Waals surface area contributed by atoms with Crippen molar-refractivity contribution in [1.82, 2.24) is 0 Å². The van der Waals surface area contributed by atoms with E-state index in [1.165, 1.54) is 0 Å². The SMILES string of the molecule is O=Cc1c(Cl)cccc1Cl.O=Cc1ccc(Cl)cc1. The van der Waals surface area contributed by atoms with Gasteiger partial charge in [-0.1, -0.05) is 53.0 Å². The van der Waals surface area contributed by atoms with Crippen LogP contribution in [0.3, 0.4) is 0 Å². The van der Waals surface area contributed by atoms with Gasteiger partial charge in [0.15, 0.2) is 6.29 Å². The molecular formula is C14H9Cl3O2.